The molecule has 0 aliphatic rings. The maximum Gasteiger partial charge on any atom is 0.283 e. The first-order valence-corrected chi connectivity index (χ1v) is 8.52. The van der Waals surface area contributed by atoms with Gasteiger partial charge in [0, 0.05) is 0 Å². The van der Waals surface area contributed by atoms with Crippen LogP contribution in [0.1, 0.15) is 18.0 Å². The van der Waals surface area contributed by atoms with Crippen LogP contribution in [-0.2, 0) is 0 Å². The van der Waals surface area contributed by atoms with Crippen molar-refractivity contribution < 1.29 is 4.74 Å². The Morgan fingerprint density at radius 3 is 2.75 bits per heavy atom. The minimum Gasteiger partial charge on any atom is -0.482 e. The minimum absolute atomic E-state index is 0.178. The number of rotatable bonds is 3. The van der Waals surface area contributed by atoms with E-state index in [2.05, 4.69) is 10.1 Å². The van der Waals surface area contributed by atoms with Gasteiger partial charge in [0.25, 0.3) is 5.56 Å². The van der Waals surface area contributed by atoms with Gasteiger partial charge in [-0.1, -0.05) is 47.2 Å². The number of hydrogen-bond donors (Lipinski definition) is 0. The Morgan fingerprint density at radius 2 is 1.92 bits per heavy atom. The molecule has 1 atom stereocenters. The summed E-state index contributed by atoms with van der Waals surface area (Å²) in [4.78, 5) is 17.6. The lowest BCUT2D eigenvalue weighted by molar-refractivity contribution is 0.225. The first-order chi connectivity index (χ1) is 11.6. The van der Waals surface area contributed by atoms with Gasteiger partial charge in [0.15, 0.2) is 5.01 Å². The standard InChI is InChI=1S/C17H12ClN3O2S/c1-10(23-14-9-5-3-7-12(14)18)15-20-21-16(22)11-6-2-4-8-13(11)19-17(21)24-15/h2-10H,1H3. The van der Waals surface area contributed by atoms with Crippen molar-refractivity contribution in [3.05, 3.63) is 68.9 Å². The number of nitrogens with zero attached hydrogens (tertiary/aromatic N) is 3. The summed E-state index contributed by atoms with van der Waals surface area (Å²) in [5, 5.41) is 6.12. The van der Waals surface area contributed by atoms with Crippen LogP contribution in [0.5, 0.6) is 5.75 Å². The molecule has 0 spiro atoms. The molecule has 2 heterocycles. The molecule has 0 amide bonds. The van der Waals surface area contributed by atoms with Crippen LogP contribution >= 0.6 is 22.9 Å². The van der Waals surface area contributed by atoms with Gasteiger partial charge in [-0.15, -0.1) is 0 Å². The summed E-state index contributed by atoms with van der Waals surface area (Å²) in [5.41, 5.74) is 0.486. The van der Waals surface area contributed by atoms with Crippen molar-refractivity contribution in [2.24, 2.45) is 0 Å². The first kappa shape index (κ1) is 15.1. The smallest absolute Gasteiger partial charge is 0.283 e. The monoisotopic (exact) mass is 357 g/mol. The maximum atomic E-state index is 12.5. The van der Waals surface area contributed by atoms with Gasteiger partial charge in [0.2, 0.25) is 4.96 Å². The Balaban J connectivity index is 1.77. The van der Waals surface area contributed by atoms with E-state index < -0.39 is 0 Å². The van der Waals surface area contributed by atoms with E-state index in [-0.39, 0.29) is 11.7 Å². The summed E-state index contributed by atoms with van der Waals surface area (Å²) in [6, 6.07) is 14.5. The molecule has 0 saturated heterocycles. The van der Waals surface area contributed by atoms with Crippen LogP contribution in [-0.4, -0.2) is 14.6 Å². The molecule has 4 aromatic rings. The Kier molecular flexibility index (Phi) is 3.70. The second-order valence-corrected chi connectivity index (χ2v) is 6.65. The lowest BCUT2D eigenvalue weighted by Gasteiger charge is -2.12. The SMILES string of the molecule is CC(Oc1ccccc1Cl)c1nn2c(=O)c3ccccc3nc2s1. The summed E-state index contributed by atoms with van der Waals surface area (Å²) in [5.74, 6) is 0.580. The predicted molar refractivity (Wildman–Crippen MR) is 95.1 cm³/mol. The van der Waals surface area contributed by atoms with E-state index in [1.807, 2.05) is 37.3 Å². The zero-order valence-electron chi connectivity index (χ0n) is 12.6. The molecule has 5 nitrogen and oxygen atoms in total. The molecule has 0 N–H and O–H groups in total. The molecule has 24 heavy (non-hydrogen) atoms. The quantitative estimate of drug-likeness (QED) is 0.554. The fraction of sp³-hybridized carbons (Fsp3) is 0.118. The molecule has 2 aromatic carbocycles. The van der Waals surface area contributed by atoms with Gasteiger partial charge in [-0.05, 0) is 31.2 Å². The van der Waals surface area contributed by atoms with E-state index in [0.717, 1.165) is 0 Å². The number of fused-ring (bicyclic) bond motifs is 2. The summed E-state index contributed by atoms with van der Waals surface area (Å²) < 4.78 is 7.20. The number of ether oxygens (including phenoxy) is 1. The Hall–Kier alpha value is -2.44. The van der Waals surface area contributed by atoms with Crippen molar-refractivity contribution in [3.8, 4) is 5.75 Å². The van der Waals surface area contributed by atoms with Crippen molar-refractivity contribution in [3.63, 3.8) is 0 Å². The second-order valence-electron chi connectivity index (χ2n) is 5.26. The number of benzene rings is 2. The lowest BCUT2D eigenvalue weighted by Crippen LogP contribution is -2.15. The first-order valence-electron chi connectivity index (χ1n) is 7.33. The molecule has 4 rings (SSSR count). The summed E-state index contributed by atoms with van der Waals surface area (Å²) in [7, 11) is 0. The molecule has 2 aromatic heterocycles. The summed E-state index contributed by atoms with van der Waals surface area (Å²) in [6.07, 6.45) is -0.348. The largest absolute Gasteiger partial charge is 0.482 e. The van der Waals surface area contributed by atoms with Crippen LogP contribution in [0.25, 0.3) is 15.9 Å². The highest BCUT2D eigenvalue weighted by Gasteiger charge is 2.17. The third-order valence-electron chi connectivity index (χ3n) is 3.61. The molecule has 120 valence electrons. The zero-order chi connectivity index (χ0) is 16.7. The van der Waals surface area contributed by atoms with Gasteiger partial charge in [-0.3, -0.25) is 4.79 Å². The fourth-order valence-corrected chi connectivity index (χ4v) is 3.47. The van der Waals surface area contributed by atoms with Crippen molar-refractivity contribution >= 4 is 38.8 Å². The molecule has 0 radical (unpaired) electrons. The molecule has 0 bridgehead atoms. The second kappa shape index (κ2) is 5.89. The number of aromatic nitrogens is 3. The van der Waals surface area contributed by atoms with E-state index in [9.17, 15) is 4.79 Å². The highest BCUT2D eigenvalue weighted by atomic mass is 35.5. The average Bonchev–Trinajstić information content (AvgIpc) is 3.02. The van der Waals surface area contributed by atoms with E-state index in [1.54, 1.807) is 18.2 Å². The molecule has 0 aliphatic heterocycles. The van der Waals surface area contributed by atoms with Crippen LogP contribution < -0.4 is 10.3 Å². The molecule has 0 aliphatic carbocycles. The van der Waals surface area contributed by atoms with Gasteiger partial charge >= 0.3 is 0 Å². The Bertz CT molecular complexity index is 1110. The molecule has 1 unspecified atom stereocenters. The number of hydrogen-bond acceptors (Lipinski definition) is 5. The molecular weight excluding hydrogens is 346 g/mol. The number of para-hydroxylation sites is 2. The van der Waals surface area contributed by atoms with Gasteiger partial charge in [0.05, 0.1) is 15.9 Å². The lowest BCUT2D eigenvalue weighted by atomic mass is 10.2. The maximum absolute atomic E-state index is 12.5. The highest BCUT2D eigenvalue weighted by Crippen LogP contribution is 2.30. The van der Waals surface area contributed by atoms with Crippen molar-refractivity contribution in [1.29, 1.82) is 0 Å². The Morgan fingerprint density at radius 1 is 1.17 bits per heavy atom. The van der Waals surface area contributed by atoms with Crippen LogP contribution in [0.15, 0.2) is 53.3 Å². The molecule has 7 heteroatoms. The Labute approximate surface area is 146 Å². The van der Waals surface area contributed by atoms with E-state index in [0.29, 0.717) is 31.6 Å². The van der Waals surface area contributed by atoms with Gasteiger partial charge in [0.1, 0.15) is 11.9 Å². The highest BCUT2D eigenvalue weighted by molar-refractivity contribution is 7.16. The third-order valence-corrected chi connectivity index (χ3v) is 4.99. The fourth-order valence-electron chi connectivity index (χ4n) is 2.42. The van der Waals surface area contributed by atoms with Crippen LogP contribution in [0.2, 0.25) is 5.02 Å². The normalized spacial score (nSPS) is 12.6. The zero-order valence-corrected chi connectivity index (χ0v) is 14.2. The van der Waals surface area contributed by atoms with Gasteiger partial charge in [-0.2, -0.15) is 9.61 Å². The predicted octanol–water partition coefficient (Wildman–Crippen LogP) is 4.10. The van der Waals surface area contributed by atoms with Crippen molar-refractivity contribution in [2.75, 3.05) is 0 Å². The van der Waals surface area contributed by atoms with E-state index in [1.165, 1.54) is 15.9 Å². The van der Waals surface area contributed by atoms with E-state index in [4.69, 9.17) is 16.3 Å². The summed E-state index contributed by atoms with van der Waals surface area (Å²) in [6.45, 7) is 1.87. The number of halogens is 1. The van der Waals surface area contributed by atoms with Gasteiger partial charge in [-0.25, -0.2) is 4.98 Å². The molecule has 0 saturated carbocycles. The van der Waals surface area contributed by atoms with Crippen LogP contribution in [0.4, 0.5) is 0 Å². The average molecular weight is 358 g/mol. The van der Waals surface area contributed by atoms with Gasteiger partial charge < -0.3 is 4.74 Å². The van der Waals surface area contributed by atoms with Crippen LogP contribution in [0.3, 0.4) is 0 Å². The minimum atomic E-state index is -0.348. The molecule has 0 fully saturated rings. The third kappa shape index (κ3) is 2.53. The summed E-state index contributed by atoms with van der Waals surface area (Å²) >= 11 is 7.45. The topological polar surface area (TPSA) is 56.5 Å². The van der Waals surface area contributed by atoms with Crippen molar-refractivity contribution in [1.82, 2.24) is 14.6 Å². The van der Waals surface area contributed by atoms with Crippen molar-refractivity contribution in [2.45, 2.75) is 13.0 Å². The van der Waals surface area contributed by atoms with Crippen LogP contribution in [0, 0.1) is 0 Å². The molecular formula is C17H12ClN3O2S. The van der Waals surface area contributed by atoms with E-state index >= 15 is 0 Å².